The highest BCUT2D eigenvalue weighted by Crippen LogP contribution is 2.32. The fourth-order valence-corrected chi connectivity index (χ4v) is 2.79. The van der Waals surface area contributed by atoms with E-state index >= 15 is 0 Å². The third-order valence-corrected chi connectivity index (χ3v) is 4.49. The first kappa shape index (κ1) is 23.7. The van der Waals surface area contributed by atoms with Gasteiger partial charge in [0.15, 0.2) is 5.78 Å². The third kappa shape index (κ3) is 5.97. The number of rotatable bonds is 8. The summed E-state index contributed by atoms with van der Waals surface area (Å²) in [6.45, 7) is 4.10. The molecule has 0 spiro atoms. The van der Waals surface area contributed by atoms with Gasteiger partial charge in [-0.3, -0.25) is 9.59 Å². The third-order valence-electron chi connectivity index (χ3n) is 4.49. The number of methoxy groups -OCH3 is 1. The summed E-state index contributed by atoms with van der Waals surface area (Å²) in [4.78, 5) is 29.5. The number of allylic oxidation sites excluding steroid dienone is 1. The van der Waals surface area contributed by atoms with Gasteiger partial charge in [-0.2, -0.15) is 0 Å². The minimum Gasteiger partial charge on any atom is -0.497 e. The number of ketones is 1. The number of nitrogens with zero attached hydrogens (tertiary/aromatic N) is 1. The Bertz CT molecular complexity index is 1020. The maximum Gasteiger partial charge on any atom is 0.273 e. The van der Waals surface area contributed by atoms with Crippen LogP contribution >= 0.6 is 0 Å². The van der Waals surface area contributed by atoms with Crippen LogP contribution in [0.1, 0.15) is 32.8 Å². The van der Waals surface area contributed by atoms with Gasteiger partial charge in [-0.1, -0.05) is 19.1 Å². The van der Waals surface area contributed by atoms with Crippen molar-refractivity contribution >= 4 is 28.8 Å². The average molecular weight is 429 g/mol. The average Bonchev–Trinajstić information content (AvgIpc) is 2.73. The second-order valence-corrected chi connectivity index (χ2v) is 6.87. The summed E-state index contributed by atoms with van der Waals surface area (Å²) in [6, 6.07) is 12.0. The predicted octanol–water partition coefficient (Wildman–Crippen LogP) is 4.73. The first-order chi connectivity index (χ1) is 14.6. The number of halogens is 2. The standard InChI is InChI=1S/C23H25F2N3O3/c1-5-23(24,25)16-7-6-8-18(13-16)28-22(30)20(14(2)26)21(15(3)29)27-17-9-11-19(31-4)12-10-17/h6-13H,5,26H2,1-4H3,(H,28,30). The lowest BCUT2D eigenvalue weighted by Gasteiger charge is -2.16. The summed E-state index contributed by atoms with van der Waals surface area (Å²) in [6.07, 6.45) is -0.375. The highest BCUT2D eigenvalue weighted by atomic mass is 19.3. The highest BCUT2D eigenvalue weighted by molar-refractivity contribution is 6.52. The zero-order chi connectivity index (χ0) is 23.2. The number of carbonyl (C=O) groups is 2. The minimum absolute atomic E-state index is 0.0648. The smallest absolute Gasteiger partial charge is 0.273 e. The first-order valence-electron chi connectivity index (χ1n) is 9.59. The predicted molar refractivity (Wildman–Crippen MR) is 117 cm³/mol. The number of Topliss-reactive ketones (excluding diaryl/α,β-unsaturated/α-hetero) is 1. The molecular formula is C23H25F2N3O3. The Morgan fingerprint density at radius 3 is 2.29 bits per heavy atom. The SMILES string of the molecule is CCC(F)(F)c1cccc(NC(=O)C(C(=Nc2ccc(OC)cc2)C(C)=O)=C(C)N)c1. The number of benzene rings is 2. The molecule has 0 fully saturated rings. The van der Waals surface area contributed by atoms with E-state index in [4.69, 9.17) is 10.5 Å². The molecule has 1 amide bonds. The molecule has 0 saturated carbocycles. The van der Waals surface area contributed by atoms with Gasteiger partial charge in [0.1, 0.15) is 11.5 Å². The van der Waals surface area contributed by atoms with E-state index in [9.17, 15) is 18.4 Å². The van der Waals surface area contributed by atoms with Crippen molar-refractivity contribution < 1.29 is 23.1 Å². The Balaban J connectivity index is 2.40. The van der Waals surface area contributed by atoms with E-state index in [1.165, 1.54) is 52.1 Å². The molecule has 0 aliphatic carbocycles. The zero-order valence-corrected chi connectivity index (χ0v) is 17.8. The van der Waals surface area contributed by atoms with Crippen LogP contribution in [-0.4, -0.2) is 24.5 Å². The monoisotopic (exact) mass is 429 g/mol. The topological polar surface area (TPSA) is 93.8 Å². The van der Waals surface area contributed by atoms with Gasteiger partial charge in [-0.15, -0.1) is 0 Å². The van der Waals surface area contributed by atoms with Crippen LogP contribution in [0, 0.1) is 0 Å². The summed E-state index contributed by atoms with van der Waals surface area (Å²) in [5.41, 5.74) is 6.04. The highest BCUT2D eigenvalue weighted by Gasteiger charge is 2.29. The van der Waals surface area contributed by atoms with Gasteiger partial charge in [0.2, 0.25) is 0 Å². The van der Waals surface area contributed by atoms with Crippen LogP contribution in [-0.2, 0) is 15.5 Å². The molecule has 0 heterocycles. The van der Waals surface area contributed by atoms with Gasteiger partial charge >= 0.3 is 0 Å². The molecule has 0 aliphatic rings. The van der Waals surface area contributed by atoms with Crippen LogP contribution < -0.4 is 15.8 Å². The van der Waals surface area contributed by atoms with Crippen molar-refractivity contribution in [3.8, 4) is 5.75 Å². The van der Waals surface area contributed by atoms with Gasteiger partial charge in [0.05, 0.1) is 18.4 Å². The van der Waals surface area contributed by atoms with Crippen molar-refractivity contribution in [2.45, 2.75) is 33.1 Å². The molecule has 2 aromatic rings. The number of aliphatic imine (C=N–C) groups is 1. The molecule has 2 aromatic carbocycles. The van der Waals surface area contributed by atoms with Crippen LogP contribution in [0.4, 0.5) is 20.2 Å². The first-order valence-corrected chi connectivity index (χ1v) is 9.59. The quantitative estimate of drug-likeness (QED) is 0.469. The Hall–Kier alpha value is -3.55. The number of carbonyl (C=O) groups excluding carboxylic acids is 2. The van der Waals surface area contributed by atoms with Gasteiger partial charge in [-0.05, 0) is 43.3 Å². The molecule has 8 heteroatoms. The van der Waals surface area contributed by atoms with E-state index in [2.05, 4.69) is 10.3 Å². The van der Waals surface area contributed by atoms with Crippen molar-refractivity contribution in [3.63, 3.8) is 0 Å². The Morgan fingerprint density at radius 2 is 1.77 bits per heavy atom. The second-order valence-electron chi connectivity index (χ2n) is 6.87. The summed E-state index contributed by atoms with van der Waals surface area (Å²) in [7, 11) is 1.52. The minimum atomic E-state index is -3.02. The molecule has 0 unspecified atom stereocenters. The summed E-state index contributed by atoms with van der Waals surface area (Å²) in [5.74, 6) is -3.61. The largest absolute Gasteiger partial charge is 0.497 e. The number of nitrogens with two attached hydrogens (primary N) is 1. The van der Waals surface area contributed by atoms with E-state index in [1.54, 1.807) is 24.3 Å². The number of anilines is 1. The molecule has 3 N–H and O–H groups in total. The molecule has 0 saturated heterocycles. The van der Waals surface area contributed by atoms with E-state index in [-0.39, 0.29) is 34.7 Å². The Labute approximate surface area is 179 Å². The van der Waals surface area contributed by atoms with Crippen LogP contribution in [0.2, 0.25) is 0 Å². The van der Waals surface area contributed by atoms with Gasteiger partial charge in [-0.25, -0.2) is 13.8 Å². The van der Waals surface area contributed by atoms with Gasteiger partial charge < -0.3 is 15.8 Å². The summed E-state index contributed by atoms with van der Waals surface area (Å²) >= 11 is 0. The number of hydrogen-bond acceptors (Lipinski definition) is 5. The molecular weight excluding hydrogens is 404 g/mol. The number of amides is 1. The van der Waals surface area contributed by atoms with E-state index in [0.717, 1.165) is 0 Å². The van der Waals surface area contributed by atoms with Crippen LogP contribution in [0.25, 0.3) is 0 Å². The maximum absolute atomic E-state index is 14.0. The van der Waals surface area contributed by atoms with Crippen LogP contribution in [0.5, 0.6) is 5.75 Å². The number of alkyl halides is 2. The second kappa shape index (κ2) is 9.97. The van der Waals surface area contributed by atoms with Gasteiger partial charge in [0, 0.05) is 30.3 Å². The Morgan fingerprint density at radius 1 is 1.13 bits per heavy atom. The molecule has 2 rings (SSSR count). The van der Waals surface area contributed by atoms with Crippen molar-refractivity contribution in [1.82, 2.24) is 0 Å². The molecule has 0 aromatic heterocycles. The number of hydrogen-bond donors (Lipinski definition) is 2. The number of nitrogens with one attached hydrogen (secondary N) is 1. The van der Waals surface area contributed by atoms with E-state index in [1.807, 2.05) is 0 Å². The summed E-state index contributed by atoms with van der Waals surface area (Å²) in [5, 5.41) is 2.54. The lowest BCUT2D eigenvalue weighted by Crippen LogP contribution is -2.28. The Kier molecular flexibility index (Phi) is 7.63. The van der Waals surface area contributed by atoms with Crippen molar-refractivity contribution in [2.75, 3.05) is 12.4 Å². The normalized spacial score (nSPS) is 12.8. The fraction of sp³-hybridized carbons (Fsp3) is 0.261. The molecule has 0 aliphatic heterocycles. The lowest BCUT2D eigenvalue weighted by atomic mass is 10.0. The van der Waals surface area contributed by atoms with Gasteiger partial charge in [0.25, 0.3) is 11.8 Å². The molecule has 0 radical (unpaired) electrons. The van der Waals surface area contributed by atoms with Crippen molar-refractivity contribution in [1.29, 1.82) is 0 Å². The fourth-order valence-electron chi connectivity index (χ4n) is 2.79. The van der Waals surface area contributed by atoms with Crippen LogP contribution in [0.15, 0.2) is 64.8 Å². The number of ether oxygens (including phenoxy) is 1. The summed E-state index contributed by atoms with van der Waals surface area (Å²) < 4.78 is 33.1. The molecule has 0 bridgehead atoms. The van der Waals surface area contributed by atoms with Crippen LogP contribution in [0.3, 0.4) is 0 Å². The van der Waals surface area contributed by atoms with Crippen molar-refractivity contribution in [3.05, 3.63) is 65.4 Å². The zero-order valence-electron chi connectivity index (χ0n) is 17.8. The molecule has 31 heavy (non-hydrogen) atoms. The molecule has 6 nitrogen and oxygen atoms in total. The maximum atomic E-state index is 14.0. The molecule has 0 atom stereocenters. The van der Waals surface area contributed by atoms with E-state index < -0.39 is 17.6 Å². The van der Waals surface area contributed by atoms with E-state index in [0.29, 0.717) is 11.4 Å². The lowest BCUT2D eigenvalue weighted by molar-refractivity contribution is -0.114. The molecule has 164 valence electrons. The van der Waals surface area contributed by atoms with Crippen molar-refractivity contribution in [2.24, 2.45) is 10.7 Å².